The Bertz CT molecular complexity index is 1250. The quantitative estimate of drug-likeness (QED) is 0.323. The zero-order valence-electron chi connectivity index (χ0n) is 20.8. The number of carboxylic acid groups (broad SMARTS) is 2. The maximum absolute atomic E-state index is 13.0. The largest absolute Gasteiger partial charge is 0.481 e. The smallest absolute Gasteiger partial charge is 0.311 e. The van der Waals surface area contributed by atoms with Crippen LogP contribution in [0.4, 0.5) is 0 Å². The van der Waals surface area contributed by atoms with Crippen molar-refractivity contribution in [3.8, 4) is 10.7 Å². The van der Waals surface area contributed by atoms with Crippen LogP contribution in [0.3, 0.4) is 0 Å². The van der Waals surface area contributed by atoms with Crippen LogP contribution in [0.25, 0.3) is 10.7 Å². The van der Waals surface area contributed by atoms with Gasteiger partial charge in [0.25, 0.3) is 0 Å². The Morgan fingerprint density at radius 2 is 2.03 bits per heavy atom. The van der Waals surface area contributed by atoms with E-state index in [4.69, 9.17) is 16.3 Å². The topological polar surface area (TPSA) is 139 Å². The third-order valence-electron chi connectivity index (χ3n) is 7.69. The first kappa shape index (κ1) is 27.2. The van der Waals surface area contributed by atoms with E-state index >= 15 is 0 Å². The molecule has 0 saturated carbocycles. The van der Waals surface area contributed by atoms with Gasteiger partial charge in [-0.25, -0.2) is 9.67 Å². The molecule has 1 fully saturated rings. The van der Waals surface area contributed by atoms with Gasteiger partial charge in [-0.3, -0.25) is 9.59 Å². The number of benzene rings is 1. The average Bonchev–Trinajstić information content (AvgIpc) is 3.56. The predicted octanol–water partition coefficient (Wildman–Crippen LogP) is 3.79. The van der Waals surface area contributed by atoms with Crippen molar-refractivity contribution in [2.75, 3.05) is 13.2 Å². The molecule has 1 aliphatic rings. The van der Waals surface area contributed by atoms with Gasteiger partial charge < -0.3 is 20.3 Å². The van der Waals surface area contributed by atoms with Crippen LogP contribution >= 0.6 is 22.9 Å². The summed E-state index contributed by atoms with van der Waals surface area (Å²) in [5.41, 5.74) is -1.75. The van der Waals surface area contributed by atoms with E-state index in [1.807, 2.05) is 5.38 Å². The fraction of sp³-hybridized carbons (Fsp3) is 0.480. The maximum Gasteiger partial charge on any atom is 0.311 e. The number of carboxylic acids is 2. The van der Waals surface area contributed by atoms with Crippen molar-refractivity contribution < 1.29 is 24.5 Å². The molecule has 3 aromatic rings. The van der Waals surface area contributed by atoms with Crippen LogP contribution in [0, 0.1) is 10.8 Å². The lowest BCUT2D eigenvalue weighted by atomic mass is 9.51. The Morgan fingerprint density at radius 3 is 2.65 bits per heavy atom. The van der Waals surface area contributed by atoms with Gasteiger partial charge in [-0.05, 0) is 31.9 Å². The van der Waals surface area contributed by atoms with Gasteiger partial charge in [0.15, 0.2) is 0 Å². The number of carbonyl (C=O) groups is 2. The molecule has 0 radical (unpaired) electrons. The van der Waals surface area contributed by atoms with E-state index in [0.717, 1.165) is 5.01 Å². The van der Waals surface area contributed by atoms with E-state index in [1.165, 1.54) is 11.3 Å². The van der Waals surface area contributed by atoms with Gasteiger partial charge in [0.1, 0.15) is 10.7 Å². The average molecular weight is 548 g/mol. The molecule has 37 heavy (non-hydrogen) atoms. The Morgan fingerprint density at radius 1 is 1.27 bits per heavy atom. The molecule has 198 valence electrons. The minimum Gasteiger partial charge on any atom is -0.481 e. The summed E-state index contributed by atoms with van der Waals surface area (Å²) >= 11 is 8.02. The second-order valence-corrected chi connectivity index (χ2v) is 10.8. The van der Waals surface area contributed by atoms with Crippen LogP contribution in [0.5, 0.6) is 0 Å². The van der Waals surface area contributed by atoms with Gasteiger partial charge in [0.05, 0.1) is 36.8 Å². The molecular weight excluding hydrogens is 518 g/mol. The lowest BCUT2D eigenvalue weighted by molar-refractivity contribution is -0.174. The van der Waals surface area contributed by atoms with E-state index in [-0.39, 0.29) is 19.6 Å². The van der Waals surface area contributed by atoms with Crippen molar-refractivity contribution in [1.29, 1.82) is 0 Å². The molecule has 4 rings (SSSR count). The SMILES string of the molecule is CCC1(C(=O)O)C(COCCn2cc(-c3nccs3)nn2)NC(C)C(C)(C(=O)O)C1c1ccccc1Cl. The molecule has 1 aromatic carbocycles. The summed E-state index contributed by atoms with van der Waals surface area (Å²) in [5, 5.41) is 35.5. The number of nitrogens with one attached hydrogen (secondary N) is 1. The molecule has 0 aliphatic carbocycles. The van der Waals surface area contributed by atoms with Crippen molar-refractivity contribution in [1.82, 2.24) is 25.3 Å². The van der Waals surface area contributed by atoms with Crippen LogP contribution in [0.15, 0.2) is 42.0 Å². The summed E-state index contributed by atoms with van der Waals surface area (Å²) < 4.78 is 7.61. The standard InChI is InChI=1S/C25H30ClN5O5S/c1-4-25(23(34)35)19(14-36-11-10-31-13-18(29-30-31)21-27-9-12-37-21)28-15(2)24(3,22(32)33)20(25)16-7-5-6-8-17(16)26/h5-9,12-13,15,19-20,28H,4,10-11,14H2,1-3H3,(H,32,33)(H,34,35). The zero-order chi connectivity index (χ0) is 26.8. The van der Waals surface area contributed by atoms with Gasteiger partial charge in [-0.1, -0.05) is 41.9 Å². The molecule has 5 atom stereocenters. The number of thiazole rings is 1. The fourth-order valence-corrected chi connectivity index (χ4v) is 6.35. The second-order valence-electron chi connectivity index (χ2n) is 9.46. The molecule has 3 heterocycles. The molecule has 0 bridgehead atoms. The predicted molar refractivity (Wildman–Crippen MR) is 139 cm³/mol. The molecule has 3 N–H and O–H groups in total. The molecule has 2 aromatic heterocycles. The minimum atomic E-state index is -1.49. The lowest BCUT2D eigenvalue weighted by Crippen LogP contribution is -2.70. The van der Waals surface area contributed by atoms with Gasteiger partial charge in [0.2, 0.25) is 0 Å². The van der Waals surface area contributed by atoms with Crippen molar-refractivity contribution in [2.24, 2.45) is 10.8 Å². The molecule has 12 heteroatoms. The molecular formula is C25H30ClN5O5S. The van der Waals surface area contributed by atoms with Crippen molar-refractivity contribution in [3.63, 3.8) is 0 Å². The van der Waals surface area contributed by atoms with Crippen LogP contribution in [0.2, 0.25) is 5.02 Å². The Hall–Kier alpha value is -2.86. The first-order valence-electron chi connectivity index (χ1n) is 12.0. The van der Waals surface area contributed by atoms with Crippen LogP contribution < -0.4 is 5.32 Å². The first-order chi connectivity index (χ1) is 17.7. The van der Waals surface area contributed by atoms with Crippen molar-refractivity contribution in [2.45, 2.75) is 51.7 Å². The summed E-state index contributed by atoms with van der Waals surface area (Å²) in [6.07, 6.45) is 3.66. The van der Waals surface area contributed by atoms with E-state index in [1.54, 1.807) is 62.1 Å². The third kappa shape index (κ3) is 4.76. The van der Waals surface area contributed by atoms with Gasteiger partial charge in [-0.15, -0.1) is 16.4 Å². The van der Waals surface area contributed by atoms with Crippen LogP contribution in [-0.2, 0) is 20.9 Å². The number of halogens is 1. The highest BCUT2D eigenvalue weighted by Gasteiger charge is 2.65. The summed E-state index contributed by atoms with van der Waals surface area (Å²) in [6, 6.07) is 5.66. The molecule has 1 aliphatic heterocycles. The number of piperidine rings is 1. The molecule has 5 unspecified atom stereocenters. The summed E-state index contributed by atoms with van der Waals surface area (Å²) in [6.45, 7) is 5.86. The van der Waals surface area contributed by atoms with Crippen LogP contribution in [0.1, 0.15) is 38.7 Å². The molecule has 10 nitrogen and oxygen atoms in total. The second kappa shape index (κ2) is 10.9. The molecule has 0 spiro atoms. The Kier molecular flexibility index (Phi) is 7.98. The number of hydrogen-bond donors (Lipinski definition) is 3. The van der Waals surface area contributed by atoms with E-state index in [9.17, 15) is 19.8 Å². The van der Waals surface area contributed by atoms with E-state index in [0.29, 0.717) is 22.8 Å². The normalized spacial score (nSPS) is 27.7. The van der Waals surface area contributed by atoms with E-state index < -0.39 is 40.8 Å². The lowest BCUT2D eigenvalue weighted by Gasteiger charge is -2.56. The maximum atomic E-state index is 13.0. The highest BCUT2D eigenvalue weighted by atomic mass is 35.5. The van der Waals surface area contributed by atoms with Gasteiger partial charge in [0, 0.05) is 34.6 Å². The number of ether oxygens (including phenoxy) is 1. The van der Waals surface area contributed by atoms with Crippen molar-refractivity contribution >= 4 is 34.9 Å². The number of hydrogen-bond acceptors (Lipinski definition) is 8. The highest BCUT2D eigenvalue weighted by Crippen LogP contribution is 2.58. The zero-order valence-corrected chi connectivity index (χ0v) is 22.4. The third-order valence-corrected chi connectivity index (χ3v) is 8.83. The highest BCUT2D eigenvalue weighted by molar-refractivity contribution is 7.13. The minimum absolute atomic E-state index is 0.0646. The summed E-state index contributed by atoms with van der Waals surface area (Å²) in [7, 11) is 0. The summed E-state index contributed by atoms with van der Waals surface area (Å²) in [5.74, 6) is -3.09. The van der Waals surface area contributed by atoms with Crippen LogP contribution in [-0.4, -0.2) is 67.4 Å². The Labute approximate surface area is 223 Å². The Balaban J connectivity index is 1.59. The molecule has 0 amide bonds. The van der Waals surface area contributed by atoms with Gasteiger partial charge >= 0.3 is 11.9 Å². The van der Waals surface area contributed by atoms with Gasteiger partial charge in [-0.2, -0.15) is 0 Å². The first-order valence-corrected chi connectivity index (χ1v) is 13.3. The van der Waals surface area contributed by atoms with E-state index in [2.05, 4.69) is 20.6 Å². The number of aliphatic carboxylic acids is 2. The summed E-state index contributed by atoms with van der Waals surface area (Å²) in [4.78, 5) is 30.0. The monoisotopic (exact) mass is 547 g/mol. The fourth-order valence-electron chi connectivity index (χ4n) is 5.51. The number of rotatable bonds is 10. The molecule has 1 saturated heterocycles. The number of nitrogens with zero attached hydrogens (tertiary/aromatic N) is 4. The van der Waals surface area contributed by atoms with Crippen molar-refractivity contribution in [3.05, 3.63) is 52.6 Å². The number of aromatic nitrogens is 4.